The molecule has 170 valence electrons. The predicted molar refractivity (Wildman–Crippen MR) is 122 cm³/mol. The number of β-amino-alcohol motifs (C(OH)–C–C–N with tert-alkyl or cyclic N) is 1. The van der Waals surface area contributed by atoms with E-state index in [2.05, 4.69) is 4.40 Å². The summed E-state index contributed by atoms with van der Waals surface area (Å²) in [5.74, 6) is -1.72. The first-order chi connectivity index (χ1) is 15.1. The third-order valence-electron chi connectivity index (χ3n) is 6.35. The Balaban J connectivity index is 1.95. The largest absolute Gasteiger partial charge is 0.395 e. The van der Waals surface area contributed by atoms with Gasteiger partial charge in [0.15, 0.2) is 0 Å². The molecular formula is C24H28N2O5S. The molecule has 4 rings (SSSR count). The maximum atomic E-state index is 13.5. The second-order valence-electron chi connectivity index (χ2n) is 8.32. The van der Waals surface area contributed by atoms with Crippen molar-refractivity contribution in [3.05, 3.63) is 75.5 Å². The van der Waals surface area contributed by atoms with E-state index < -0.39 is 15.8 Å². The molecule has 0 saturated carbocycles. The Morgan fingerprint density at radius 2 is 1.78 bits per heavy atom. The highest BCUT2D eigenvalue weighted by Gasteiger charge is 2.46. The van der Waals surface area contributed by atoms with Crippen LogP contribution in [0.4, 0.5) is 0 Å². The molecule has 0 radical (unpaired) electrons. The second kappa shape index (κ2) is 8.12. The van der Waals surface area contributed by atoms with Crippen molar-refractivity contribution in [3.8, 4) is 0 Å². The molecule has 2 aliphatic rings. The fraction of sp³-hybridized carbons (Fsp3) is 0.375. The maximum Gasteiger partial charge on any atom is 0.283 e. The number of fused-ring (bicyclic) bond motifs is 3. The van der Waals surface area contributed by atoms with Crippen molar-refractivity contribution in [3.63, 3.8) is 0 Å². The zero-order valence-electron chi connectivity index (χ0n) is 18.7. The van der Waals surface area contributed by atoms with Gasteiger partial charge in [0, 0.05) is 24.2 Å². The summed E-state index contributed by atoms with van der Waals surface area (Å²) in [6.07, 6.45) is 1.56. The Morgan fingerprint density at radius 3 is 2.44 bits per heavy atom. The van der Waals surface area contributed by atoms with E-state index in [0.29, 0.717) is 34.5 Å². The maximum absolute atomic E-state index is 13.5. The highest BCUT2D eigenvalue weighted by Crippen LogP contribution is 2.41. The van der Waals surface area contributed by atoms with Crippen LogP contribution in [0.5, 0.6) is 0 Å². The molecule has 0 spiro atoms. The average Bonchev–Trinajstić information content (AvgIpc) is 2.74. The molecule has 2 aromatic rings. The SMILES string of the molecule is Cc1cc(C)c(C)c(S(=O)(=O)N=C2C=C3N(CCO)CCO[C@]3(O)c3ccccc32)c1C. The number of aryl methyl sites for hydroxylation is 2. The van der Waals surface area contributed by atoms with Crippen LogP contribution >= 0.6 is 0 Å². The van der Waals surface area contributed by atoms with Gasteiger partial charge in [-0.05, 0) is 56.0 Å². The Labute approximate surface area is 188 Å². The lowest BCUT2D eigenvalue weighted by Crippen LogP contribution is -2.50. The fourth-order valence-electron chi connectivity index (χ4n) is 4.50. The van der Waals surface area contributed by atoms with Crippen LogP contribution in [0.15, 0.2) is 51.4 Å². The molecule has 1 aliphatic carbocycles. The third-order valence-corrected chi connectivity index (χ3v) is 7.91. The van der Waals surface area contributed by atoms with Crippen molar-refractivity contribution in [2.75, 3.05) is 26.3 Å². The van der Waals surface area contributed by atoms with Crippen LogP contribution < -0.4 is 0 Å². The van der Waals surface area contributed by atoms with Gasteiger partial charge >= 0.3 is 0 Å². The Bertz CT molecular complexity index is 1220. The van der Waals surface area contributed by atoms with Crippen molar-refractivity contribution in [2.45, 2.75) is 38.4 Å². The monoisotopic (exact) mass is 456 g/mol. The molecule has 7 nitrogen and oxygen atoms in total. The lowest BCUT2D eigenvalue weighted by atomic mass is 9.86. The van der Waals surface area contributed by atoms with Gasteiger partial charge in [-0.3, -0.25) is 0 Å². The molecule has 1 atom stereocenters. The minimum absolute atomic E-state index is 0.110. The zero-order chi connectivity index (χ0) is 23.3. The van der Waals surface area contributed by atoms with Crippen LogP contribution in [0, 0.1) is 27.7 Å². The van der Waals surface area contributed by atoms with E-state index >= 15 is 0 Å². The molecule has 0 bridgehead atoms. The van der Waals surface area contributed by atoms with Crippen molar-refractivity contribution < 1.29 is 23.4 Å². The van der Waals surface area contributed by atoms with Crippen LogP contribution in [0.3, 0.4) is 0 Å². The number of ether oxygens (including phenoxy) is 1. The van der Waals surface area contributed by atoms with E-state index in [9.17, 15) is 18.6 Å². The van der Waals surface area contributed by atoms with Gasteiger partial charge in [-0.25, -0.2) is 0 Å². The highest BCUT2D eigenvalue weighted by atomic mass is 32.2. The molecule has 1 saturated heterocycles. The second-order valence-corrected chi connectivity index (χ2v) is 9.86. The van der Waals surface area contributed by atoms with Crippen molar-refractivity contribution >= 4 is 15.7 Å². The van der Waals surface area contributed by atoms with E-state index in [4.69, 9.17) is 4.74 Å². The van der Waals surface area contributed by atoms with Gasteiger partial charge in [-0.15, -0.1) is 0 Å². The summed E-state index contributed by atoms with van der Waals surface area (Å²) in [6, 6.07) is 8.94. The lowest BCUT2D eigenvalue weighted by molar-refractivity contribution is -0.219. The summed E-state index contributed by atoms with van der Waals surface area (Å²) in [6.45, 7) is 8.27. The number of nitrogens with zero attached hydrogens (tertiary/aromatic N) is 2. The summed E-state index contributed by atoms with van der Waals surface area (Å²) in [4.78, 5) is 2.01. The zero-order valence-corrected chi connectivity index (χ0v) is 19.5. The van der Waals surface area contributed by atoms with Gasteiger partial charge in [0.25, 0.3) is 10.0 Å². The normalized spacial score (nSPS) is 21.9. The molecule has 32 heavy (non-hydrogen) atoms. The Kier molecular flexibility index (Phi) is 5.75. The van der Waals surface area contributed by atoms with Crippen molar-refractivity contribution in [2.24, 2.45) is 4.40 Å². The van der Waals surface area contributed by atoms with E-state index in [1.807, 2.05) is 19.9 Å². The molecule has 1 aliphatic heterocycles. The average molecular weight is 457 g/mol. The summed E-state index contributed by atoms with van der Waals surface area (Å²) >= 11 is 0. The number of benzene rings is 2. The number of allylic oxidation sites excluding steroid dienone is 1. The fourth-order valence-corrected chi connectivity index (χ4v) is 6.09. The Hall–Kier alpha value is -2.52. The summed E-state index contributed by atoms with van der Waals surface area (Å²) in [7, 11) is -4.04. The number of aliphatic hydroxyl groups is 2. The molecule has 0 unspecified atom stereocenters. The number of sulfonamides is 1. The van der Waals surface area contributed by atoms with E-state index in [1.54, 1.807) is 49.1 Å². The number of hydrogen-bond donors (Lipinski definition) is 2. The van der Waals surface area contributed by atoms with Crippen molar-refractivity contribution in [1.29, 1.82) is 0 Å². The number of rotatable bonds is 4. The van der Waals surface area contributed by atoms with Gasteiger partial charge < -0.3 is 19.8 Å². The molecule has 2 aromatic carbocycles. The van der Waals surface area contributed by atoms with Gasteiger partial charge in [0.05, 0.1) is 29.5 Å². The first kappa shape index (κ1) is 22.7. The predicted octanol–water partition coefficient (Wildman–Crippen LogP) is 2.47. The van der Waals surface area contributed by atoms with Gasteiger partial charge in [0.1, 0.15) is 0 Å². The molecule has 1 fully saturated rings. The van der Waals surface area contributed by atoms with Gasteiger partial charge in [-0.2, -0.15) is 12.8 Å². The van der Waals surface area contributed by atoms with Crippen LogP contribution in [-0.4, -0.2) is 55.5 Å². The van der Waals surface area contributed by atoms with Crippen LogP contribution in [-0.2, 0) is 20.5 Å². The standard InChI is InChI=1S/C24H28N2O5S/c1-15-13-16(2)18(4)23(17(15)3)32(29,30)25-21-14-22-24(28,20-8-6-5-7-19(20)21)31-12-10-26(22)9-11-27/h5-8,13-14,27-28H,9-12H2,1-4H3/t24-/m1/s1. The molecule has 0 aromatic heterocycles. The lowest BCUT2D eigenvalue weighted by Gasteiger charge is -2.45. The summed E-state index contributed by atoms with van der Waals surface area (Å²) < 4.78 is 37.1. The van der Waals surface area contributed by atoms with Crippen molar-refractivity contribution in [1.82, 2.24) is 4.90 Å². The number of morpholine rings is 1. The molecule has 0 amide bonds. The quantitative estimate of drug-likeness (QED) is 0.733. The van der Waals surface area contributed by atoms with E-state index in [1.165, 1.54) is 0 Å². The van der Waals surface area contributed by atoms with E-state index in [0.717, 1.165) is 11.1 Å². The van der Waals surface area contributed by atoms with Crippen LogP contribution in [0.2, 0.25) is 0 Å². The summed E-state index contributed by atoms with van der Waals surface area (Å²) in [5.41, 5.74) is 4.65. The minimum Gasteiger partial charge on any atom is -0.395 e. The number of hydrogen-bond acceptors (Lipinski definition) is 6. The minimum atomic E-state index is -4.04. The van der Waals surface area contributed by atoms with Gasteiger partial charge in [0.2, 0.25) is 5.79 Å². The Morgan fingerprint density at radius 1 is 1.12 bits per heavy atom. The van der Waals surface area contributed by atoms with Crippen LogP contribution in [0.25, 0.3) is 0 Å². The highest BCUT2D eigenvalue weighted by molar-refractivity contribution is 7.90. The molecule has 1 heterocycles. The first-order valence-electron chi connectivity index (χ1n) is 10.6. The molecule has 2 N–H and O–H groups in total. The van der Waals surface area contributed by atoms with E-state index in [-0.39, 0.29) is 30.4 Å². The molecule has 8 heteroatoms. The summed E-state index contributed by atoms with van der Waals surface area (Å²) in [5, 5.41) is 20.9. The number of aliphatic hydroxyl groups excluding tert-OH is 1. The third kappa shape index (κ3) is 3.57. The molecular weight excluding hydrogens is 428 g/mol. The smallest absolute Gasteiger partial charge is 0.283 e. The van der Waals surface area contributed by atoms with Crippen LogP contribution in [0.1, 0.15) is 33.4 Å². The topological polar surface area (TPSA) is 99.4 Å². The first-order valence-corrected chi connectivity index (χ1v) is 12.0. The van der Waals surface area contributed by atoms with Gasteiger partial charge in [-0.1, -0.05) is 30.3 Å².